The minimum absolute atomic E-state index is 0. The Morgan fingerprint density at radius 2 is 1.71 bits per heavy atom. The molecule has 28 heavy (non-hydrogen) atoms. The Kier molecular flexibility index (Phi) is 9.49. The molecule has 158 valence electrons. The maximum Gasteiger partial charge on any atom is 0.243 e. The number of sulfonamides is 1. The summed E-state index contributed by atoms with van der Waals surface area (Å²) in [4.78, 5) is 4.74. The maximum atomic E-state index is 12.7. The molecule has 3 rings (SSSR count). The number of aliphatic imine (C=N–C) groups is 1. The van der Waals surface area contributed by atoms with Gasteiger partial charge in [-0.15, -0.1) is 24.0 Å². The SMILES string of the molecule is CN=C(NCC1CCN(S(=O)(=O)c2ccccc2)CC1)NC1CCCCC1.I. The van der Waals surface area contributed by atoms with E-state index < -0.39 is 10.0 Å². The van der Waals surface area contributed by atoms with Crippen LogP contribution in [-0.4, -0.2) is 51.4 Å². The van der Waals surface area contributed by atoms with Crippen molar-refractivity contribution in [3.8, 4) is 0 Å². The number of hydrogen-bond acceptors (Lipinski definition) is 3. The van der Waals surface area contributed by atoms with Crippen LogP contribution < -0.4 is 10.6 Å². The molecule has 1 saturated heterocycles. The van der Waals surface area contributed by atoms with Crippen LogP contribution in [0.25, 0.3) is 0 Å². The van der Waals surface area contributed by atoms with E-state index in [2.05, 4.69) is 15.6 Å². The highest BCUT2D eigenvalue weighted by Gasteiger charge is 2.29. The van der Waals surface area contributed by atoms with Gasteiger partial charge < -0.3 is 10.6 Å². The number of rotatable bonds is 5. The molecule has 1 aliphatic heterocycles. The Bertz CT molecular complexity index is 713. The molecule has 1 aromatic rings. The van der Waals surface area contributed by atoms with E-state index in [4.69, 9.17) is 0 Å². The van der Waals surface area contributed by atoms with Crippen molar-refractivity contribution < 1.29 is 8.42 Å². The molecule has 0 unspecified atom stereocenters. The molecular weight excluding hydrogens is 487 g/mol. The molecule has 0 bridgehead atoms. The summed E-state index contributed by atoms with van der Waals surface area (Å²) in [6, 6.07) is 9.25. The number of halogens is 1. The number of nitrogens with zero attached hydrogens (tertiary/aromatic N) is 2. The van der Waals surface area contributed by atoms with Crippen LogP contribution in [0.2, 0.25) is 0 Å². The molecule has 2 aliphatic rings. The van der Waals surface area contributed by atoms with Gasteiger partial charge in [0.2, 0.25) is 10.0 Å². The van der Waals surface area contributed by atoms with E-state index in [0.29, 0.717) is 29.9 Å². The van der Waals surface area contributed by atoms with Crippen LogP contribution in [0.1, 0.15) is 44.9 Å². The van der Waals surface area contributed by atoms with Gasteiger partial charge in [0.05, 0.1) is 4.90 Å². The van der Waals surface area contributed by atoms with E-state index in [9.17, 15) is 8.42 Å². The monoisotopic (exact) mass is 520 g/mol. The second kappa shape index (κ2) is 11.3. The lowest BCUT2D eigenvalue weighted by Gasteiger charge is -2.32. The second-order valence-corrected chi connectivity index (χ2v) is 9.53. The van der Waals surface area contributed by atoms with Crippen LogP contribution in [0.4, 0.5) is 0 Å². The molecule has 2 N–H and O–H groups in total. The van der Waals surface area contributed by atoms with Crippen LogP contribution in [0, 0.1) is 5.92 Å². The molecule has 8 heteroatoms. The lowest BCUT2D eigenvalue weighted by atomic mass is 9.95. The van der Waals surface area contributed by atoms with E-state index >= 15 is 0 Å². The Morgan fingerprint density at radius 3 is 2.32 bits per heavy atom. The van der Waals surface area contributed by atoms with Crippen molar-refractivity contribution >= 4 is 40.0 Å². The molecule has 1 saturated carbocycles. The Labute approximate surface area is 186 Å². The summed E-state index contributed by atoms with van der Waals surface area (Å²) in [6.07, 6.45) is 8.12. The van der Waals surface area contributed by atoms with Crippen LogP contribution in [0.15, 0.2) is 40.2 Å². The minimum Gasteiger partial charge on any atom is -0.356 e. The molecular formula is C20H33IN4O2S. The predicted octanol–water partition coefficient (Wildman–Crippen LogP) is 3.20. The maximum absolute atomic E-state index is 12.7. The molecule has 1 aromatic carbocycles. The third-order valence-electron chi connectivity index (χ3n) is 5.68. The van der Waals surface area contributed by atoms with Crippen molar-refractivity contribution in [3.63, 3.8) is 0 Å². The van der Waals surface area contributed by atoms with Gasteiger partial charge in [0.25, 0.3) is 0 Å². The van der Waals surface area contributed by atoms with Crippen molar-refractivity contribution in [2.45, 2.75) is 55.9 Å². The molecule has 0 aromatic heterocycles. The van der Waals surface area contributed by atoms with Gasteiger partial charge in [-0.25, -0.2) is 8.42 Å². The summed E-state index contributed by atoms with van der Waals surface area (Å²) in [7, 11) is -1.55. The number of piperidine rings is 1. The predicted molar refractivity (Wildman–Crippen MR) is 125 cm³/mol. The first-order chi connectivity index (χ1) is 13.1. The molecule has 0 amide bonds. The van der Waals surface area contributed by atoms with Gasteiger partial charge in [0.15, 0.2) is 5.96 Å². The van der Waals surface area contributed by atoms with Gasteiger partial charge in [0, 0.05) is 32.7 Å². The molecule has 0 spiro atoms. The van der Waals surface area contributed by atoms with Gasteiger partial charge in [-0.3, -0.25) is 4.99 Å². The first kappa shape index (κ1) is 23.4. The minimum atomic E-state index is -3.36. The summed E-state index contributed by atoms with van der Waals surface area (Å²) in [5.41, 5.74) is 0. The number of hydrogen-bond donors (Lipinski definition) is 2. The number of nitrogens with one attached hydrogen (secondary N) is 2. The summed E-state index contributed by atoms with van der Waals surface area (Å²) in [5.74, 6) is 1.35. The summed E-state index contributed by atoms with van der Waals surface area (Å²) in [6.45, 7) is 2.00. The van der Waals surface area contributed by atoms with Crippen LogP contribution >= 0.6 is 24.0 Å². The fraction of sp³-hybridized carbons (Fsp3) is 0.650. The Morgan fingerprint density at radius 1 is 1.07 bits per heavy atom. The highest BCUT2D eigenvalue weighted by atomic mass is 127. The van der Waals surface area contributed by atoms with Crippen molar-refractivity contribution in [2.75, 3.05) is 26.7 Å². The lowest BCUT2D eigenvalue weighted by molar-refractivity contribution is 0.273. The van der Waals surface area contributed by atoms with Crippen LogP contribution in [-0.2, 0) is 10.0 Å². The average Bonchev–Trinajstić information content (AvgIpc) is 2.73. The molecule has 0 atom stereocenters. The fourth-order valence-corrected chi connectivity index (χ4v) is 5.46. The van der Waals surface area contributed by atoms with Crippen LogP contribution in [0.5, 0.6) is 0 Å². The Hall–Kier alpha value is -0.870. The third-order valence-corrected chi connectivity index (χ3v) is 7.60. The zero-order chi connectivity index (χ0) is 19.1. The molecule has 0 radical (unpaired) electrons. The van der Waals surface area contributed by atoms with Crippen molar-refractivity contribution in [1.82, 2.24) is 14.9 Å². The van der Waals surface area contributed by atoms with E-state index in [1.807, 2.05) is 13.1 Å². The average molecular weight is 520 g/mol. The summed E-state index contributed by atoms with van der Waals surface area (Å²) < 4.78 is 27.0. The molecule has 1 aliphatic carbocycles. The molecule has 6 nitrogen and oxygen atoms in total. The fourth-order valence-electron chi connectivity index (χ4n) is 3.97. The molecule has 1 heterocycles. The third kappa shape index (κ3) is 6.32. The van der Waals surface area contributed by atoms with Gasteiger partial charge in [0.1, 0.15) is 0 Å². The molecule has 2 fully saturated rings. The van der Waals surface area contributed by atoms with E-state index in [1.54, 1.807) is 28.6 Å². The highest BCUT2D eigenvalue weighted by Crippen LogP contribution is 2.23. The summed E-state index contributed by atoms with van der Waals surface area (Å²) >= 11 is 0. The van der Waals surface area contributed by atoms with Crippen molar-refractivity contribution in [2.24, 2.45) is 10.9 Å². The topological polar surface area (TPSA) is 73.8 Å². The first-order valence-corrected chi connectivity index (χ1v) is 11.6. The van der Waals surface area contributed by atoms with Crippen LogP contribution in [0.3, 0.4) is 0 Å². The normalized spacial score (nSPS) is 20.4. The quantitative estimate of drug-likeness (QED) is 0.356. The largest absolute Gasteiger partial charge is 0.356 e. The first-order valence-electron chi connectivity index (χ1n) is 10.1. The van der Waals surface area contributed by atoms with Gasteiger partial charge in [-0.1, -0.05) is 37.5 Å². The number of guanidine groups is 1. The standard InChI is InChI=1S/C20H32N4O2S.HI/c1-21-20(23-18-8-4-2-5-9-18)22-16-17-12-14-24(15-13-17)27(25,26)19-10-6-3-7-11-19;/h3,6-7,10-11,17-18H,2,4-5,8-9,12-16H2,1H3,(H2,21,22,23);1H. The lowest BCUT2D eigenvalue weighted by Crippen LogP contribution is -2.47. The van der Waals surface area contributed by atoms with Crippen molar-refractivity contribution in [1.29, 1.82) is 0 Å². The smallest absolute Gasteiger partial charge is 0.243 e. The summed E-state index contributed by atoms with van der Waals surface area (Å²) in [5, 5.41) is 6.97. The van der Waals surface area contributed by atoms with E-state index in [-0.39, 0.29) is 24.0 Å². The van der Waals surface area contributed by atoms with Gasteiger partial charge in [-0.05, 0) is 43.7 Å². The number of benzene rings is 1. The zero-order valence-corrected chi connectivity index (χ0v) is 19.8. The van der Waals surface area contributed by atoms with E-state index in [1.165, 1.54) is 32.1 Å². The highest BCUT2D eigenvalue weighted by molar-refractivity contribution is 14.0. The van der Waals surface area contributed by atoms with Crippen molar-refractivity contribution in [3.05, 3.63) is 30.3 Å². The Balaban J connectivity index is 0.00000280. The second-order valence-electron chi connectivity index (χ2n) is 7.59. The van der Waals surface area contributed by atoms with Gasteiger partial charge >= 0.3 is 0 Å². The zero-order valence-electron chi connectivity index (χ0n) is 16.6. The van der Waals surface area contributed by atoms with E-state index in [0.717, 1.165) is 25.3 Å². The van der Waals surface area contributed by atoms with Gasteiger partial charge in [-0.2, -0.15) is 4.31 Å².